The monoisotopic (exact) mass is 345 g/mol. The van der Waals surface area contributed by atoms with Crippen LogP contribution < -0.4 is 9.08 Å². The van der Waals surface area contributed by atoms with Gasteiger partial charge in [0.15, 0.2) is 0 Å². The second-order valence-electron chi connectivity index (χ2n) is 5.88. The van der Waals surface area contributed by atoms with Crippen LogP contribution in [0.2, 0.25) is 0 Å². The molecule has 5 nitrogen and oxygen atoms in total. The molecule has 1 amide bonds. The molecule has 6 heteroatoms. The number of amides is 1. The van der Waals surface area contributed by atoms with E-state index in [1.54, 1.807) is 29.2 Å². The molecule has 3 rings (SSSR count). The first-order chi connectivity index (χ1) is 11.4. The molecular weight excluding hydrogens is 326 g/mol. The van der Waals surface area contributed by atoms with Crippen LogP contribution in [0.4, 0.5) is 5.69 Å². The Bertz CT molecular complexity index is 872. The summed E-state index contributed by atoms with van der Waals surface area (Å²) in [6.07, 6.45) is 1.37. The molecule has 2 aromatic carbocycles. The summed E-state index contributed by atoms with van der Waals surface area (Å²) in [5, 5.41) is 0. The second-order valence-corrected chi connectivity index (χ2v) is 7.42. The maximum absolute atomic E-state index is 12.5. The fourth-order valence-electron chi connectivity index (χ4n) is 2.69. The van der Waals surface area contributed by atoms with E-state index in [1.165, 1.54) is 12.1 Å². The van der Waals surface area contributed by atoms with Crippen molar-refractivity contribution in [1.82, 2.24) is 0 Å². The lowest BCUT2D eigenvalue weighted by atomic mass is 10.1. The lowest BCUT2D eigenvalue weighted by Gasteiger charge is -2.16. The van der Waals surface area contributed by atoms with E-state index in [0.717, 1.165) is 17.5 Å². The number of benzene rings is 2. The van der Waals surface area contributed by atoms with Gasteiger partial charge < -0.3 is 9.08 Å². The minimum absolute atomic E-state index is 0.0669. The maximum atomic E-state index is 12.5. The molecule has 1 fully saturated rings. The number of hydrogen-bond acceptors (Lipinski definition) is 4. The molecule has 0 bridgehead atoms. The zero-order valence-corrected chi connectivity index (χ0v) is 14.5. The van der Waals surface area contributed by atoms with Crippen LogP contribution in [0.1, 0.15) is 24.0 Å². The van der Waals surface area contributed by atoms with Crippen LogP contribution in [-0.4, -0.2) is 20.9 Å². The summed E-state index contributed by atoms with van der Waals surface area (Å²) in [6.45, 7) is 4.39. The van der Waals surface area contributed by atoms with Crippen LogP contribution in [0.15, 0.2) is 47.4 Å². The third kappa shape index (κ3) is 3.14. The van der Waals surface area contributed by atoms with Crippen molar-refractivity contribution in [3.8, 4) is 5.75 Å². The smallest absolute Gasteiger partial charge is 0.339 e. The Kier molecular flexibility index (Phi) is 4.32. The van der Waals surface area contributed by atoms with E-state index in [-0.39, 0.29) is 10.8 Å². The third-order valence-corrected chi connectivity index (χ3v) is 5.51. The van der Waals surface area contributed by atoms with Gasteiger partial charge in [-0.3, -0.25) is 4.79 Å². The van der Waals surface area contributed by atoms with Gasteiger partial charge in [0.05, 0.1) is 0 Å². The Morgan fingerprint density at radius 3 is 2.38 bits per heavy atom. The molecule has 0 radical (unpaired) electrons. The minimum Gasteiger partial charge on any atom is -0.379 e. The van der Waals surface area contributed by atoms with Crippen molar-refractivity contribution in [1.29, 1.82) is 0 Å². The van der Waals surface area contributed by atoms with Crippen LogP contribution in [0.25, 0.3) is 0 Å². The van der Waals surface area contributed by atoms with E-state index in [9.17, 15) is 13.2 Å². The number of carbonyl (C=O) groups is 1. The van der Waals surface area contributed by atoms with E-state index in [2.05, 4.69) is 0 Å². The predicted molar refractivity (Wildman–Crippen MR) is 91.8 cm³/mol. The minimum atomic E-state index is -3.91. The topological polar surface area (TPSA) is 63.7 Å². The molecule has 1 saturated heterocycles. The lowest BCUT2D eigenvalue weighted by molar-refractivity contribution is -0.117. The van der Waals surface area contributed by atoms with Crippen molar-refractivity contribution in [2.45, 2.75) is 31.6 Å². The summed E-state index contributed by atoms with van der Waals surface area (Å²) < 4.78 is 30.2. The lowest BCUT2D eigenvalue weighted by Crippen LogP contribution is -2.23. The normalized spacial score (nSPS) is 14.9. The van der Waals surface area contributed by atoms with Gasteiger partial charge in [0.1, 0.15) is 10.6 Å². The van der Waals surface area contributed by atoms with Crippen molar-refractivity contribution in [3.05, 3.63) is 53.6 Å². The fraction of sp³-hybridized carbons (Fsp3) is 0.278. The van der Waals surface area contributed by atoms with Crippen LogP contribution in [0.3, 0.4) is 0 Å². The number of carbonyl (C=O) groups excluding carboxylic acids is 1. The van der Waals surface area contributed by atoms with Crippen LogP contribution in [0.5, 0.6) is 5.75 Å². The Labute approximate surface area is 142 Å². The van der Waals surface area contributed by atoms with Gasteiger partial charge in [0.25, 0.3) is 0 Å². The average molecular weight is 345 g/mol. The highest BCUT2D eigenvalue weighted by atomic mass is 32.2. The molecule has 0 N–H and O–H groups in total. The molecule has 0 aromatic heterocycles. The molecule has 0 unspecified atom stereocenters. The summed E-state index contributed by atoms with van der Waals surface area (Å²) in [5.74, 6) is 0.394. The zero-order chi connectivity index (χ0) is 17.3. The molecule has 1 heterocycles. The van der Waals surface area contributed by atoms with Crippen molar-refractivity contribution in [2.24, 2.45) is 0 Å². The van der Waals surface area contributed by atoms with Crippen molar-refractivity contribution >= 4 is 21.7 Å². The second kappa shape index (κ2) is 6.28. The molecule has 0 atom stereocenters. The number of rotatable bonds is 4. The maximum Gasteiger partial charge on any atom is 0.339 e. The number of aryl methyl sites for hydroxylation is 1. The van der Waals surface area contributed by atoms with Gasteiger partial charge in [-0.1, -0.05) is 12.1 Å². The third-order valence-electron chi connectivity index (χ3n) is 4.26. The highest BCUT2D eigenvalue weighted by molar-refractivity contribution is 7.87. The summed E-state index contributed by atoms with van der Waals surface area (Å²) in [6, 6.07) is 11.5. The van der Waals surface area contributed by atoms with Crippen molar-refractivity contribution in [3.63, 3.8) is 0 Å². The quantitative estimate of drug-likeness (QED) is 0.798. The van der Waals surface area contributed by atoms with E-state index < -0.39 is 10.1 Å². The number of nitrogens with zero attached hydrogens (tertiary/aromatic N) is 1. The standard InChI is InChI=1S/C18H19NO4S/c1-13-5-3-6-17(14(13)2)23-24(21,22)16-10-8-15(9-11-16)19-12-4-7-18(19)20/h3,5-6,8-11H,4,7,12H2,1-2H3. The van der Waals surface area contributed by atoms with E-state index >= 15 is 0 Å². The van der Waals surface area contributed by atoms with Gasteiger partial charge in [-0.05, 0) is 61.7 Å². The Morgan fingerprint density at radius 2 is 1.75 bits per heavy atom. The molecule has 0 aliphatic carbocycles. The van der Waals surface area contributed by atoms with E-state index in [0.29, 0.717) is 24.4 Å². The van der Waals surface area contributed by atoms with Gasteiger partial charge in [0.2, 0.25) is 5.91 Å². The van der Waals surface area contributed by atoms with E-state index in [4.69, 9.17) is 4.18 Å². The first kappa shape index (κ1) is 16.5. The molecular formula is C18H19NO4S. The molecule has 1 aliphatic rings. The predicted octanol–water partition coefficient (Wildman–Crippen LogP) is 3.20. The van der Waals surface area contributed by atoms with Gasteiger partial charge in [-0.2, -0.15) is 8.42 Å². The Hall–Kier alpha value is -2.34. The molecule has 0 spiro atoms. The van der Waals surface area contributed by atoms with E-state index in [1.807, 2.05) is 19.9 Å². The van der Waals surface area contributed by atoms with Crippen LogP contribution >= 0.6 is 0 Å². The molecule has 2 aromatic rings. The molecule has 126 valence electrons. The van der Waals surface area contributed by atoms with Crippen LogP contribution in [-0.2, 0) is 14.9 Å². The largest absolute Gasteiger partial charge is 0.379 e. The van der Waals surface area contributed by atoms with Gasteiger partial charge >= 0.3 is 10.1 Å². The average Bonchev–Trinajstić information content (AvgIpc) is 2.98. The Morgan fingerprint density at radius 1 is 1.04 bits per heavy atom. The fourth-order valence-corrected chi connectivity index (χ4v) is 3.68. The van der Waals surface area contributed by atoms with Gasteiger partial charge in [-0.15, -0.1) is 0 Å². The first-order valence-electron chi connectivity index (χ1n) is 7.79. The van der Waals surface area contributed by atoms with Crippen molar-refractivity contribution in [2.75, 3.05) is 11.4 Å². The summed E-state index contributed by atoms with van der Waals surface area (Å²) in [5.41, 5.74) is 2.47. The highest BCUT2D eigenvalue weighted by Crippen LogP contribution is 2.27. The van der Waals surface area contributed by atoms with Gasteiger partial charge in [-0.25, -0.2) is 0 Å². The summed E-state index contributed by atoms with van der Waals surface area (Å²) in [7, 11) is -3.91. The summed E-state index contributed by atoms with van der Waals surface area (Å²) in [4.78, 5) is 13.5. The van der Waals surface area contributed by atoms with Crippen LogP contribution in [0, 0.1) is 13.8 Å². The number of anilines is 1. The highest BCUT2D eigenvalue weighted by Gasteiger charge is 2.23. The van der Waals surface area contributed by atoms with Crippen molar-refractivity contribution < 1.29 is 17.4 Å². The SMILES string of the molecule is Cc1cccc(OS(=O)(=O)c2ccc(N3CCCC3=O)cc2)c1C. The molecule has 0 saturated carbocycles. The first-order valence-corrected chi connectivity index (χ1v) is 9.20. The molecule has 1 aliphatic heterocycles. The number of hydrogen-bond donors (Lipinski definition) is 0. The zero-order valence-electron chi connectivity index (χ0n) is 13.7. The van der Waals surface area contributed by atoms with Gasteiger partial charge in [0, 0.05) is 18.7 Å². The summed E-state index contributed by atoms with van der Waals surface area (Å²) >= 11 is 0. The molecule has 24 heavy (non-hydrogen) atoms. The Balaban J connectivity index is 1.85.